The zero-order chi connectivity index (χ0) is 19.4. The van der Waals surface area contributed by atoms with E-state index in [9.17, 15) is 14.4 Å². The van der Waals surface area contributed by atoms with Crippen molar-refractivity contribution >= 4 is 35.0 Å². The lowest BCUT2D eigenvalue weighted by atomic mass is 10.1. The Morgan fingerprint density at radius 1 is 1.11 bits per heavy atom. The molecule has 3 amide bonds. The summed E-state index contributed by atoms with van der Waals surface area (Å²) in [6, 6.07) is 14.0. The molecule has 1 saturated heterocycles. The van der Waals surface area contributed by atoms with E-state index >= 15 is 0 Å². The number of nitrogens with zero attached hydrogens (tertiary/aromatic N) is 1. The summed E-state index contributed by atoms with van der Waals surface area (Å²) < 4.78 is 0. The van der Waals surface area contributed by atoms with Crippen molar-refractivity contribution in [2.75, 3.05) is 11.4 Å². The van der Waals surface area contributed by atoms with Crippen LogP contribution in [0.25, 0.3) is 0 Å². The molecular weight excluding hydrogens is 366 g/mol. The molecule has 0 bridgehead atoms. The molecule has 6 nitrogen and oxygen atoms in total. The molecular formula is C20H20ClN3O3. The summed E-state index contributed by atoms with van der Waals surface area (Å²) in [5.41, 5.74) is 7.06. The van der Waals surface area contributed by atoms with Crippen LogP contribution in [0.15, 0.2) is 48.5 Å². The van der Waals surface area contributed by atoms with E-state index in [4.69, 9.17) is 11.6 Å². The van der Waals surface area contributed by atoms with Crippen molar-refractivity contribution in [3.8, 4) is 0 Å². The van der Waals surface area contributed by atoms with E-state index in [1.165, 1.54) is 0 Å². The number of amides is 3. The van der Waals surface area contributed by atoms with Crippen molar-refractivity contribution in [2.45, 2.75) is 19.8 Å². The third kappa shape index (κ3) is 4.28. The number of rotatable bonds is 4. The lowest BCUT2D eigenvalue weighted by Crippen LogP contribution is -2.45. The molecule has 0 saturated carbocycles. The summed E-state index contributed by atoms with van der Waals surface area (Å²) in [6.07, 6.45) is 0.911. The predicted molar refractivity (Wildman–Crippen MR) is 103 cm³/mol. The van der Waals surface area contributed by atoms with Gasteiger partial charge in [-0.15, -0.1) is 0 Å². The molecule has 27 heavy (non-hydrogen) atoms. The molecule has 0 aliphatic carbocycles. The maximum Gasteiger partial charge on any atom is 0.269 e. The Labute approximate surface area is 162 Å². The number of halogens is 1. The molecule has 1 heterocycles. The van der Waals surface area contributed by atoms with Crippen LogP contribution in [0.1, 0.15) is 29.3 Å². The van der Waals surface area contributed by atoms with Gasteiger partial charge in [-0.05, 0) is 42.3 Å². The summed E-state index contributed by atoms with van der Waals surface area (Å²) in [4.78, 5) is 38.5. The van der Waals surface area contributed by atoms with Crippen LogP contribution >= 0.6 is 11.6 Å². The van der Waals surface area contributed by atoms with Crippen molar-refractivity contribution in [2.24, 2.45) is 5.92 Å². The predicted octanol–water partition coefficient (Wildman–Crippen LogP) is 2.72. The third-order valence-electron chi connectivity index (χ3n) is 4.56. The summed E-state index contributed by atoms with van der Waals surface area (Å²) in [5, 5.41) is 0.521. The third-order valence-corrected chi connectivity index (χ3v) is 4.82. The Hall–Kier alpha value is -2.86. The van der Waals surface area contributed by atoms with Crippen molar-refractivity contribution in [3.05, 3.63) is 64.7 Å². The number of hydrogen-bond acceptors (Lipinski definition) is 3. The Kier molecular flexibility index (Phi) is 5.76. The van der Waals surface area contributed by atoms with E-state index in [0.29, 0.717) is 17.1 Å². The number of benzene rings is 2. The second kappa shape index (κ2) is 8.22. The SMILES string of the molecule is CCc1ccccc1N1C[C@H](C(=O)NNC(=O)c2ccc(Cl)cc2)CC1=O. The summed E-state index contributed by atoms with van der Waals surface area (Å²) in [6.45, 7) is 2.31. The first-order valence-electron chi connectivity index (χ1n) is 8.73. The van der Waals surface area contributed by atoms with Gasteiger partial charge in [0, 0.05) is 29.2 Å². The maximum absolute atomic E-state index is 12.4. The normalized spacial score (nSPS) is 16.3. The van der Waals surface area contributed by atoms with Gasteiger partial charge < -0.3 is 4.90 Å². The largest absolute Gasteiger partial charge is 0.311 e. The van der Waals surface area contributed by atoms with E-state index in [1.807, 2.05) is 31.2 Å². The van der Waals surface area contributed by atoms with Crippen LogP contribution in [0.3, 0.4) is 0 Å². The van der Waals surface area contributed by atoms with Crippen LogP contribution in [-0.4, -0.2) is 24.3 Å². The van der Waals surface area contributed by atoms with Gasteiger partial charge in [-0.25, -0.2) is 0 Å². The molecule has 0 unspecified atom stereocenters. The smallest absolute Gasteiger partial charge is 0.269 e. The fraction of sp³-hybridized carbons (Fsp3) is 0.250. The van der Waals surface area contributed by atoms with Gasteiger partial charge >= 0.3 is 0 Å². The molecule has 2 N–H and O–H groups in total. The Bertz CT molecular complexity index is 867. The number of hydrogen-bond donors (Lipinski definition) is 2. The fourth-order valence-electron chi connectivity index (χ4n) is 3.08. The molecule has 2 aromatic carbocycles. The van der Waals surface area contributed by atoms with Crippen LogP contribution in [0.4, 0.5) is 5.69 Å². The van der Waals surface area contributed by atoms with Gasteiger partial charge in [0.15, 0.2) is 0 Å². The molecule has 140 valence electrons. The molecule has 2 aromatic rings. The summed E-state index contributed by atoms with van der Waals surface area (Å²) in [5.74, 6) is -1.45. The molecule has 1 fully saturated rings. The van der Waals surface area contributed by atoms with Crippen molar-refractivity contribution in [3.63, 3.8) is 0 Å². The van der Waals surface area contributed by atoms with Gasteiger partial charge in [0.25, 0.3) is 5.91 Å². The minimum Gasteiger partial charge on any atom is -0.311 e. The van der Waals surface area contributed by atoms with Crippen LogP contribution in [0.5, 0.6) is 0 Å². The zero-order valence-corrected chi connectivity index (χ0v) is 15.6. The van der Waals surface area contributed by atoms with Crippen molar-refractivity contribution in [1.29, 1.82) is 0 Å². The molecule has 1 aliphatic heterocycles. The van der Waals surface area contributed by atoms with E-state index in [0.717, 1.165) is 17.7 Å². The van der Waals surface area contributed by atoms with Gasteiger partial charge in [-0.2, -0.15) is 0 Å². The van der Waals surface area contributed by atoms with Gasteiger partial charge in [0.1, 0.15) is 0 Å². The first-order valence-corrected chi connectivity index (χ1v) is 9.11. The fourth-order valence-corrected chi connectivity index (χ4v) is 3.21. The Balaban J connectivity index is 1.60. The molecule has 0 aromatic heterocycles. The van der Waals surface area contributed by atoms with Crippen LogP contribution in [-0.2, 0) is 16.0 Å². The van der Waals surface area contributed by atoms with Gasteiger partial charge in [0.05, 0.1) is 5.92 Å². The molecule has 0 radical (unpaired) electrons. The number of anilines is 1. The highest BCUT2D eigenvalue weighted by Gasteiger charge is 2.35. The summed E-state index contributed by atoms with van der Waals surface area (Å²) >= 11 is 5.79. The zero-order valence-electron chi connectivity index (χ0n) is 14.9. The minimum atomic E-state index is -0.520. The minimum absolute atomic E-state index is 0.0972. The highest BCUT2D eigenvalue weighted by Crippen LogP contribution is 2.28. The van der Waals surface area contributed by atoms with Crippen molar-refractivity contribution < 1.29 is 14.4 Å². The average Bonchev–Trinajstić information content (AvgIpc) is 3.08. The van der Waals surface area contributed by atoms with E-state index in [2.05, 4.69) is 10.9 Å². The second-order valence-corrected chi connectivity index (χ2v) is 6.77. The number of para-hydroxylation sites is 1. The molecule has 7 heteroatoms. The topological polar surface area (TPSA) is 78.5 Å². The second-order valence-electron chi connectivity index (χ2n) is 6.34. The first-order chi connectivity index (χ1) is 13.0. The first kappa shape index (κ1) is 18.9. The van der Waals surface area contributed by atoms with Gasteiger partial charge in [-0.1, -0.05) is 36.7 Å². The lowest BCUT2D eigenvalue weighted by molar-refractivity contribution is -0.126. The van der Waals surface area contributed by atoms with Crippen LogP contribution < -0.4 is 15.8 Å². The molecule has 0 spiro atoms. The standard InChI is InChI=1S/C20H20ClN3O3/c1-2-13-5-3-4-6-17(13)24-12-15(11-18(24)25)20(27)23-22-19(26)14-7-9-16(21)10-8-14/h3-10,15H,2,11-12H2,1H3,(H,22,26)(H,23,27)/t15-/m1/s1. The highest BCUT2D eigenvalue weighted by molar-refractivity contribution is 6.30. The number of carbonyl (C=O) groups is 3. The average molecular weight is 386 g/mol. The Morgan fingerprint density at radius 3 is 2.52 bits per heavy atom. The van der Waals surface area contributed by atoms with E-state index in [-0.39, 0.29) is 18.2 Å². The number of hydrazine groups is 1. The van der Waals surface area contributed by atoms with Gasteiger partial charge in [-0.3, -0.25) is 25.2 Å². The van der Waals surface area contributed by atoms with E-state index < -0.39 is 11.8 Å². The summed E-state index contributed by atoms with van der Waals surface area (Å²) in [7, 11) is 0. The highest BCUT2D eigenvalue weighted by atomic mass is 35.5. The monoisotopic (exact) mass is 385 g/mol. The molecule has 3 rings (SSSR count). The number of carbonyl (C=O) groups excluding carboxylic acids is 3. The van der Waals surface area contributed by atoms with Crippen molar-refractivity contribution in [1.82, 2.24) is 10.9 Å². The van der Waals surface area contributed by atoms with E-state index in [1.54, 1.807) is 29.2 Å². The number of aryl methyl sites for hydroxylation is 1. The maximum atomic E-state index is 12.4. The number of nitrogens with one attached hydrogen (secondary N) is 2. The molecule has 1 aliphatic rings. The van der Waals surface area contributed by atoms with Crippen LogP contribution in [0.2, 0.25) is 5.02 Å². The van der Waals surface area contributed by atoms with Gasteiger partial charge in [0.2, 0.25) is 11.8 Å². The Morgan fingerprint density at radius 2 is 1.81 bits per heavy atom. The quantitative estimate of drug-likeness (QED) is 0.794. The van der Waals surface area contributed by atoms with Crippen LogP contribution in [0, 0.1) is 5.92 Å². The lowest BCUT2D eigenvalue weighted by Gasteiger charge is -2.20. The molecule has 1 atom stereocenters.